The third-order valence-electron chi connectivity index (χ3n) is 6.89. The van der Waals surface area contributed by atoms with E-state index in [0.29, 0.717) is 18.7 Å². The highest BCUT2D eigenvalue weighted by Crippen LogP contribution is 2.31. The molecule has 0 spiro atoms. The maximum absolute atomic E-state index is 11.9. The van der Waals surface area contributed by atoms with Crippen molar-refractivity contribution >= 4 is 28.9 Å². The minimum Gasteiger partial charge on any atom is -0.391 e. The van der Waals surface area contributed by atoms with Crippen molar-refractivity contribution in [3.8, 4) is 11.1 Å². The lowest BCUT2D eigenvalue weighted by Gasteiger charge is -2.28. The monoisotopic (exact) mass is 499 g/mol. The van der Waals surface area contributed by atoms with E-state index in [1.807, 2.05) is 47.0 Å². The fraction of sp³-hybridized carbons (Fsp3) is 0.321. The molecular formula is C28H33N7O2. The molecule has 37 heavy (non-hydrogen) atoms. The lowest BCUT2D eigenvalue weighted by atomic mass is 9.95. The maximum Gasteiger partial charge on any atom is 0.249 e. The Bertz CT molecular complexity index is 1410. The Labute approximate surface area is 216 Å². The van der Waals surface area contributed by atoms with Crippen LogP contribution in [-0.4, -0.2) is 51.4 Å². The Hall–Kier alpha value is -3.95. The zero-order valence-corrected chi connectivity index (χ0v) is 21.1. The third-order valence-corrected chi connectivity index (χ3v) is 6.89. The van der Waals surface area contributed by atoms with Gasteiger partial charge in [0.25, 0.3) is 0 Å². The van der Waals surface area contributed by atoms with Crippen LogP contribution in [0.1, 0.15) is 42.1 Å². The maximum atomic E-state index is 11.9. The van der Waals surface area contributed by atoms with Crippen molar-refractivity contribution in [1.29, 1.82) is 0 Å². The van der Waals surface area contributed by atoms with Gasteiger partial charge in [-0.1, -0.05) is 44.2 Å². The predicted octanol–water partition coefficient (Wildman–Crippen LogP) is 3.74. The molecule has 1 aliphatic heterocycles. The molecule has 2 atom stereocenters. The van der Waals surface area contributed by atoms with Crippen LogP contribution in [0.4, 0.5) is 17.3 Å². The minimum absolute atomic E-state index is 0.169. The number of nitrogens with one attached hydrogen (secondary N) is 3. The van der Waals surface area contributed by atoms with Gasteiger partial charge in [0.2, 0.25) is 5.91 Å². The average Bonchev–Trinajstić information content (AvgIpc) is 3.28. The van der Waals surface area contributed by atoms with Crippen LogP contribution in [0.5, 0.6) is 0 Å². The number of benzene rings is 2. The second kappa shape index (κ2) is 10.6. The highest BCUT2D eigenvalue weighted by molar-refractivity contribution is 6.00. The van der Waals surface area contributed by atoms with Crippen molar-refractivity contribution in [2.75, 3.05) is 30.3 Å². The molecule has 6 N–H and O–H groups in total. The highest BCUT2D eigenvalue weighted by Gasteiger charge is 2.25. The number of fused-ring (bicyclic) bond motifs is 1. The number of aliphatic hydroxyl groups excluding tert-OH is 1. The highest BCUT2D eigenvalue weighted by atomic mass is 16.3. The first-order valence-corrected chi connectivity index (χ1v) is 12.7. The van der Waals surface area contributed by atoms with Crippen molar-refractivity contribution in [2.24, 2.45) is 11.7 Å². The number of β-amino-alcohol motifs (C(OH)–C–C–N with tert-alkyl or cyclic N) is 1. The van der Waals surface area contributed by atoms with Crippen molar-refractivity contribution in [3.63, 3.8) is 0 Å². The van der Waals surface area contributed by atoms with E-state index < -0.39 is 5.91 Å². The van der Waals surface area contributed by atoms with Gasteiger partial charge in [0.05, 0.1) is 6.10 Å². The Balaban J connectivity index is 1.46. The van der Waals surface area contributed by atoms with Crippen LogP contribution in [0.3, 0.4) is 0 Å². The summed E-state index contributed by atoms with van der Waals surface area (Å²) in [5.41, 5.74) is 10.4. The number of nitrogens with two attached hydrogens (primary N) is 1. The molecule has 2 aromatic carbocycles. The molecule has 1 aliphatic rings. The van der Waals surface area contributed by atoms with Gasteiger partial charge < -0.3 is 26.8 Å². The number of hydrogen-bond acceptors (Lipinski definition) is 7. The smallest absolute Gasteiger partial charge is 0.249 e. The van der Waals surface area contributed by atoms with Crippen LogP contribution in [-0.2, 0) is 0 Å². The van der Waals surface area contributed by atoms with Crippen molar-refractivity contribution in [1.82, 2.24) is 19.9 Å². The van der Waals surface area contributed by atoms with Gasteiger partial charge in [-0.05, 0) is 54.3 Å². The summed E-state index contributed by atoms with van der Waals surface area (Å²) in [6, 6.07) is 17.1. The van der Waals surface area contributed by atoms with Crippen LogP contribution in [0.2, 0.25) is 0 Å². The molecule has 0 saturated carbocycles. The molecule has 5 rings (SSSR count). The fourth-order valence-electron chi connectivity index (χ4n) is 4.94. The summed E-state index contributed by atoms with van der Waals surface area (Å²) >= 11 is 0. The second-order valence-electron chi connectivity index (χ2n) is 9.80. The van der Waals surface area contributed by atoms with E-state index in [0.717, 1.165) is 52.6 Å². The molecule has 0 radical (unpaired) electrons. The van der Waals surface area contributed by atoms with Gasteiger partial charge in [-0.25, -0.2) is 4.98 Å². The second-order valence-corrected chi connectivity index (χ2v) is 9.80. The van der Waals surface area contributed by atoms with E-state index in [1.54, 1.807) is 18.3 Å². The topological polar surface area (TPSA) is 130 Å². The molecule has 2 aromatic heterocycles. The first-order chi connectivity index (χ1) is 17.9. The molecule has 0 bridgehead atoms. The van der Waals surface area contributed by atoms with E-state index in [9.17, 15) is 9.90 Å². The molecular weight excluding hydrogens is 466 g/mol. The Kier molecular flexibility index (Phi) is 7.07. The fourth-order valence-corrected chi connectivity index (χ4v) is 4.94. The molecule has 1 amide bonds. The first-order valence-electron chi connectivity index (χ1n) is 12.7. The standard InChI is InChI=1S/C28H33N7O2/c1-17(2)25-27(32-15-19-10-12-30-16-23(19)36)34-35-24(11-13-31-28(25)35)33-20-7-5-6-18(14-20)21-8-3-4-9-22(21)26(29)37/h3-9,11,13-14,17,19,23,30,33,36H,10,12,15-16H2,1-2H3,(H2,29,37)(H,32,34)/t19-,23-/m0/s1. The number of anilines is 3. The molecule has 192 valence electrons. The molecule has 1 saturated heterocycles. The number of rotatable bonds is 8. The SMILES string of the molecule is CC(C)c1c(NC[C@@H]2CCNC[C@@H]2O)nn2c(Nc3cccc(-c4ccccc4C(N)=O)c3)ccnc12. The summed E-state index contributed by atoms with van der Waals surface area (Å²) in [7, 11) is 0. The lowest BCUT2D eigenvalue weighted by molar-refractivity contribution is 0.0883. The van der Waals surface area contributed by atoms with Gasteiger partial charge in [-0.2, -0.15) is 4.52 Å². The zero-order chi connectivity index (χ0) is 25.9. The molecule has 3 heterocycles. The summed E-state index contributed by atoms with van der Waals surface area (Å²) in [6.45, 7) is 6.43. The number of hydrogen-bond donors (Lipinski definition) is 5. The van der Waals surface area contributed by atoms with Crippen LogP contribution in [0, 0.1) is 5.92 Å². The number of piperidine rings is 1. The van der Waals surface area contributed by atoms with E-state index in [-0.39, 0.29) is 17.9 Å². The van der Waals surface area contributed by atoms with Crippen molar-refractivity contribution in [3.05, 3.63) is 71.9 Å². The molecule has 4 aromatic rings. The Morgan fingerprint density at radius 3 is 2.84 bits per heavy atom. The van der Waals surface area contributed by atoms with E-state index in [4.69, 9.17) is 10.8 Å². The van der Waals surface area contributed by atoms with Crippen LogP contribution in [0.15, 0.2) is 60.8 Å². The largest absolute Gasteiger partial charge is 0.391 e. The van der Waals surface area contributed by atoms with Gasteiger partial charge in [0.15, 0.2) is 11.5 Å². The summed E-state index contributed by atoms with van der Waals surface area (Å²) in [5.74, 6) is 1.46. The van der Waals surface area contributed by atoms with Gasteiger partial charge >= 0.3 is 0 Å². The summed E-state index contributed by atoms with van der Waals surface area (Å²) in [6.07, 6.45) is 2.32. The summed E-state index contributed by atoms with van der Waals surface area (Å²) in [5, 5.41) is 25.4. The summed E-state index contributed by atoms with van der Waals surface area (Å²) < 4.78 is 1.82. The number of primary amides is 1. The number of carbonyl (C=O) groups is 1. The van der Waals surface area contributed by atoms with Crippen LogP contribution >= 0.6 is 0 Å². The number of amides is 1. The Morgan fingerprint density at radius 1 is 1.22 bits per heavy atom. The zero-order valence-electron chi connectivity index (χ0n) is 21.1. The third kappa shape index (κ3) is 5.14. The van der Waals surface area contributed by atoms with Gasteiger partial charge in [-0.15, -0.1) is 5.10 Å². The van der Waals surface area contributed by atoms with Gasteiger partial charge in [0.1, 0.15) is 5.82 Å². The quantitative estimate of drug-likeness (QED) is 0.250. The molecule has 9 heteroatoms. The van der Waals surface area contributed by atoms with E-state index in [2.05, 4.69) is 34.8 Å². The number of aromatic nitrogens is 3. The van der Waals surface area contributed by atoms with Crippen LogP contribution in [0.25, 0.3) is 16.8 Å². The normalized spacial score (nSPS) is 17.7. The number of carbonyl (C=O) groups excluding carboxylic acids is 1. The number of aliphatic hydroxyl groups is 1. The Morgan fingerprint density at radius 2 is 2.05 bits per heavy atom. The first kappa shape index (κ1) is 24.7. The van der Waals surface area contributed by atoms with Crippen molar-refractivity contribution in [2.45, 2.75) is 32.3 Å². The van der Waals surface area contributed by atoms with Gasteiger partial charge in [0, 0.05) is 42.0 Å². The lowest BCUT2D eigenvalue weighted by Crippen LogP contribution is -2.43. The van der Waals surface area contributed by atoms with Gasteiger partial charge in [-0.3, -0.25) is 4.79 Å². The molecule has 0 aliphatic carbocycles. The molecule has 1 fully saturated rings. The summed E-state index contributed by atoms with van der Waals surface area (Å²) in [4.78, 5) is 16.6. The predicted molar refractivity (Wildman–Crippen MR) is 146 cm³/mol. The average molecular weight is 500 g/mol. The van der Waals surface area contributed by atoms with E-state index in [1.165, 1.54) is 0 Å². The van der Waals surface area contributed by atoms with E-state index >= 15 is 0 Å². The van der Waals surface area contributed by atoms with Crippen LogP contribution < -0.4 is 21.7 Å². The van der Waals surface area contributed by atoms with Crippen molar-refractivity contribution < 1.29 is 9.90 Å². The molecule has 9 nitrogen and oxygen atoms in total. The molecule has 0 unspecified atom stereocenters. The number of nitrogens with zero attached hydrogens (tertiary/aromatic N) is 3. The minimum atomic E-state index is -0.459.